The molecular formula is C37H80N8O. The van der Waals surface area contributed by atoms with E-state index in [0.717, 1.165) is 62.4 Å². The summed E-state index contributed by atoms with van der Waals surface area (Å²) in [6.45, 7) is 35.1. The Morgan fingerprint density at radius 1 is 0.652 bits per heavy atom. The minimum absolute atomic E-state index is 0.286. The van der Waals surface area contributed by atoms with E-state index in [4.69, 9.17) is 5.11 Å². The molecular weight excluding hydrogens is 572 g/mol. The van der Waals surface area contributed by atoms with Crippen LogP contribution >= 0.6 is 0 Å². The topological polar surface area (TPSA) is 46.2 Å². The number of nitrogens with zero attached hydrogens (tertiary/aromatic N) is 8. The van der Waals surface area contributed by atoms with Crippen molar-refractivity contribution < 1.29 is 5.11 Å². The lowest BCUT2D eigenvalue weighted by Gasteiger charge is -2.41. The van der Waals surface area contributed by atoms with Gasteiger partial charge in [0.2, 0.25) is 0 Å². The number of likely N-dealkylation sites (N-methyl/N-ethyl adjacent to an activating group) is 3. The lowest BCUT2D eigenvalue weighted by Crippen LogP contribution is -2.54. The SMILES string of the molecule is CC(C)N1CCCN(C)CC1.CC(C)N1CCN(CCO)C[C@H]1C.CC(C)N1CC[C@H](N(C)C)C1.CC(C)N1C[C@@H]2C[C@H]1CN2C. The maximum atomic E-state index is 8.82. The molecule has 0 radical (unpaired) electrons. The Morgan fingerprint density at radius 3 is 1.74 bits per heavy atom. The molecule has 0 spiro atoms. The highest BCUT2D eigenvalue weighted by Gasteiger charge is 2.42. The normalized spacial score (nSPS) is 29.3. The fourth-order valence-electron chi connectivity index (χ4n) is 7.93. The zero-order valence-corrected chi connectivity index (χ0v) is 33.0. The summed E-state index contributed by atoms with van der Waals surface area (Å²) in [6.07, 6.45) is 4.08. The molecule has 0 aromatic heterocycles. The van der Waals surface area contributed by atoms with Gasteiger partial charge in [-0.3, -0.25) is 24.5 Å². The Balaban J connectivity index is 0.000000214. The highest BCUT2D eigenvalue weighted by atomic mass is 16.3. The second kappa shape index (κ2) is 21.0. The Morgan fingerprint density at radius 2 is 1.30 bits per heavy atom. The number of rotatable bonds is 7. The van der Waals surface area contributed by atoms with Crippen molar-refractivity contribution in [2.24, 2.45) is 0 Å². The summed E-state index contributed by atoms with van der Waals surface area (Å²) in [7, 11) is 8.81. The zero-order valence-electron chi connectivity index (χ0n) is 33.0. The van der Waals surface area contributed by atoms with Gasteiger partial charge in [-0.25, -0.2) is 0 Å². The summed E-state index contributed by atoms with van der Waals surface area (Å²) in [4.78, 5) is 19.9. The first kappa shape index (κ1) is 41.8. The van der Waals surface area contributed by atoms with E-state index in [1.807, 2.05) is 0 Å². The highest BCUT2D eigenvalue weighted by Crippen LogP contribution is 2.30. The van der Waals surface area contributed by atoms with E-state index in [0.29, 0.717) is 12.1 Å². The van der Waals surface area contributed by atoms with Crippen LogP contribution in [0.25, 0.3) is 0 Å². The number of β-amino-alcohol motifs (C(OH)–C–C–N with tert-alkyl or cyclic N) is 1. The lowest BCUT2D eigenvalue weighted by molar-refractivity contribution is 0.0514. The van der Waals surface area contributed by atoms with Gasteiger partial charge in [0, 0.05) is 114 Å². The fraction of sp³-hybridized carbons (Fsp3) is 1.00. The van der Waals surface area contributed by atoms with E-state index in [1.54, 1.807) is 0 Å². The highest BCUT2D eigenvalue weighted by molar-refractivity contribution is 4.99. The lowest BCUT2D eigenvalue weighted by atomic mass is 10.1. The van der Waals surface area contributed by atoms with Gasteiger partial charge in [0.15, 0.2) is 0 Å². The number of aliphatic hydroxyl groups excluding tert-OH is 1. The average Bonchev–Trinajstić information content (AvgIpc) is 3.69. The monoisotopic (exact) mass is 653 g/mol. The Bertz CT molecular complexity index is 779. The number of fused-ring (bicyclic) bond motifs is 2. The number of likely N-dealkylation sites (tertiary alicyclic amines) is 3. The van der Waals surface area contributed by atoms with Crippen LogP contribution in [0.1, 0.15) is 81.6 Å². The Hall–Kier alpha value is -0.360. The minimum atomic E-state index is 0.286. The van der Waals surface area contributed by atoms with Gasteiger partial charge in [0.05, 0.1) is 6.61 Å². The number of aliphatic hydroxyl groups is 1. The predicted octanol–water partition coefficient (Wildman–Crippen LogP) is 3.24. The van der Waals surface area contributed by atoms with Crippen LogP contribution in [0.4, 0.5) is 0 Å². The molecule has 0 aliphatic carbocycles. The van der Waals surface area contributed by atoms with Crippen LogP contribution in [0.5, 0.6) is 0 Å². The van der Waals surface area contributed by atoms with Crippen LogP contribution in [-0.2, 0) is 0 Å². The van der Waals surface area contributed by atoms with Crippen molar-refractivity contribution in [2.75, 3.05) is 113 Å². The maximum absolute atomic E-state index is 8.82. The molecule has 274 valence electrons. The number of hydrogen-bond donors (Lipinski definition) is 1. The Labute approximate surface area is 287 Å². The third-order valence-corrected chi connectivity index (χ3v) is 11.2. The summed E-state index contributed by atoms with van der Waals surface area (Å²) >= 11 is 0. The molecule has 5 heterocycles. The molecule has 9 heteroatoms. The zero-order chi connectivity index (χ0) is 34.6. The molecule has 0 aromatic carbocycles. The first-order valence-electron chi connectivity index (χ1n) is 19.0. The van der Waals surface area contributed by atoms with Gasteiger partial charge >= 0.3 is 0 Å². The van der Waals surface area contributed by atoms with Crippen LogP contribution in [0.2, 0.25) is 0 Å². The van der Waals surface area contributed by atoms with Crippen LogP contribution in [0, 0.1) is 0 Å². The molecule has 2 bridgehead atoms. The molecule has 5 aliphatic rings. The van der Waals surface area contributed by atoms with Crippen molar-refractivity contribution in [1.29, 1.82) is 0 Å². The molecule has 0 aromatic rings. The summed E-state index contributed by atoms with van der Waals surface area (Å²) < 4.78 is 0. The van der Waals surface area contributed by atoms with E-state index >= 15 is 0 Å². The largest absolute Gasteiger partial charge is 0.395 e. The van der Waals surface area contributed by atoms with E-state index in [1.165, 1.54) is 71.6 Å². The predicted molar refractivity (Wildman–Crippen MR) is 199 cm³/mol. The summed E-state index contributed by atoms with van der Waals surface area (Å²) in [5, 5.41) is 8.82. The van der Waals surface area contributed by atoms with Crippen LogP contribution in [-0.4, -0.2) is 206 Å². The molecule has 5 saturated heterocycles. The molecule has 5 rings (SSSR count). The fourth-order valence-corrected chi connectivity index (χ4v) is 7.93. The molecule has 0 unspecified atom stereocenters. The minimum Gasteiger partial charge on any atom is -0.395 e. The van der Waals surface area contributed by atoms with Crippen molar-refractivity contribution in [3.63, 3.8) is 0 Å². The van der Waals surface area contributed by atoms with Gasteiger partial charge in [-0.1, -0.05) is 0 Å². The smallest absolute Gasteiger partial charge is 0.0558 e. The van der Waals surface area contributed by atoms with Crippen LogP contribution in [0.3, 0.4) is 0 Å². The van der Waals surface area contributed by atoms with Crippen LogP contribution < -0.4 is 0 Å². The first-order chi connectivity index (χ1) is 21.6. The molecule has 0 amide bonds. The molecule has 5 aliphatic heterocycles. The quantitative estimate of drug-likeness (QED) is 0.447. The summed E-state index contributed by atoms with van der Waals surface area (Å²) in [5.41, 5.74) is 0. The summed E-state index contributed by atoms with van der Waals surface area (Å²) in [5.74, 6) is 0. The average molecular weight is 653 g/mol. The number of piperazine rings is 2. The second-order valence-electron chi connectivity index (χ2n) is 16.3. The standard InChI is InChI=1S/C10H22N2O.C9H18N2.2C9H20N2/c1-9(2)12-5-4-11(6-7-13)8-10(12)3;1-7(2)11-6-8-4-9(11)5-10(8)3;1-8(2)11-6-5-9(7-11)10(3)4;1-9(2)11-6-4-5-10(3)7-8-11/h9-10,13H,4-8H2,1-3H3;7-9H,4-6H2,1-3H3;8-9H,5-7H2,1-4H3;9H,4-8H2,1-3H3/t10-;8-,9-;9-;/m100./s1. The van der Waals surface area contributed by atoms with E-state index in [9.17, 15) is 0 Å². The van der Waals surface area contributed by atoms with Gasteiger partial charge in [0.1, 0.15) is 0 Å². The van der Waals surface area contributed by atoms with Crippen LogP contribution in [0.15, 0.2) is 0 Å². The maximum Gasteiger partial charge on any atom is 0.0558 e. The van der Waals surface area contributed by atoms with Crippen molar-refractivity contribution in [3.05, 3.63) is 0 Å². The molecule has 4 atom stereocenters. The molecule has 1 N–H and O–H groups in total. The second-order valence-corrected chi connectivity index (χ2v) is 16.3. The van der Waals surface area contributed by atoms with Crippen molar-refractivity contribution >= 4 is 0 Å². The van der Waals surface area contributed by atoms with Crippen molar-refractivity contribution in [2.45, 2.75) is 130 Å². The molecule has 5 fully saturated rings. The molecule has 0 saturated carbocycles. The van der Waals surface area contributed by atoms with Crippen molar-refractivity contribution in [1.82, 2.24) is 39.2 Å². The molecule has 46 heavy (non-hydrogen) atoms. The third-order valence-electron chi connectivity index (χ3n) is 11.2. The van der Waals surface area contributed by atoms with E-state index in [-0.39, 0.29) is 6.61 Å². The van der Waals surface area contributed by atoms with Crippen molar-refractivity contribution in [3.8, 4) is 0 Å². The van der Waals surface area contributed by atoms with E-state index in [2.05, 4.69) is 130 Å². The third kappa shape index (κ3) is 13.9. The van der Waals surface area contributed by atoms with Gasteiger partial charge in [0.25, 0.3) is 0 Å². The van der Waals surface area contributed by atoms with Gasteiger partial charge < -0.3 is 19.8 Å². The first-order valence-corrected chi connectivity index (χ1v) is 19.0. The van der Waals surface area contributed by atoms with Gasteiger partial charge in [-0.15, -0.1) is 0 Å². The Kier molecular flexibility index (Phi) is 19.1. The summed E-state index contributed by atoms with van der Waals surface area (Å²) in [6, 6.07) is 5.98. The van der Waals surface area contributed by atoms with E-state index < -0.39 is 0 Å². The number of hydrogen-bond acceptors (Lipinski definition) is 9. The van der Waals surface area contributed by atoms with Gasteiger partial charge in [-0.2, -0.15) is 0 Å². The van der Waals surface area contributed by atoms with Gasteiger partial charge in [-0.05, 0) is 123 Å². The molecule has 9 nitrogen and oxygen atoms in total.